The van der Waals surface area contributed by atoms with Gasteiger partial charge in [0.2, 0.25) is 0 Å². The molecule has 0 radical (unpaired) electrons. The molecule has 3 heteroatoms. The highest BCUT2D eigenvalue weighted by molar-refractivity contribution is 6.40. The molecule has 0 saturated heterocycles. The van der Waals surface area contributed by atoms with E-state index in [1.807, 2.05) is 13.0 Å². The van der Waals surface area contributed by atoms with E-state index in [4.69, 9.17) is 27.9 Å². The zero-order valence-corrected chi connectivity index (χ0v) is 17.2. The fraction of sp³-hybridized carbons (Fsp3) is 0.636. The average Bonchev–Trinajstić information content (AvgIpc) is 2.84. The molecule has 0 amide bonds. The van der Waals surface area contributed by atoms with Crippen molar-refractivity contribution in [1.29, 1.82) is 0 Å². The van der Waals surface area contributed by atoms with E-state index in [-0.39, 0.29) is 0 Å². The van der Waals surface area contributed by atoms with Gasteiger partial charge in [0, 0.05) is 11.6 Å². The Morgan fingerprint density at radius 3 is 2.76 bits per heavy atom. The van der Waals surface area contributed by atoms with E-state index in [1.165, 1.54) is 30.4 Å². The molecule has 2 saturated carbocycles. The van der Waals surface area contributed by atoms with Crippen LogP contribution < -0.4 is 0 Å². The van der Waals surface area contributed by atoms with Gasteiger partial charge in [-0.2, -0.15) is 0 Å². The molecule has 0 spiro atoms. The summed E-state index contributed by atoms with van der Waals surface area (Å²) >= 11 is 12.6. The molecule has 2 fully saturated rings. The van der Waals surface area contributed by atoms with Crippen LogP contribution in [0.15, 0.2) is 46.5 Å². The summed E-state index contributed by atoms with van der Waals surface area (Å²) in [7, 11) is 0. The molecular weight excluding hydrogens is 351 g/mol. The smallest absolute Gasteiger partial charge is 0.0550 e. The van der Waals surface area contributed by atoms with Crippen molar-refractivity contribution in [3.8, 4) is 0 Å². The summed E-state index contributed by atoms with van der Waals surface area (Å²) in [5.74, 6) is 2.28. The molecule has 25 heavy (non-hydrogen) atoms. The third kappa shape index (κ3) is 5.25. The van der Waals surface area contributed by atoms with Gasteiger partial charge in [0.25, 0.3) is 0 Å². The second kappa shape index (κ2) is 10.00. The van der Waals surface area contributed by atoms with E-state index < -0.39 is 0 Å². The molecule has 2 rings (SSSR count). The second-order valence-corrected chi connectivity index (χ2v) is 8.33. The quantitative estimate of drug-likeness (QED) is 0.232. The largest absolute Gasteiger partial charge is 0.381 e. The summed E-state index contributed by atoms with van der Waals surface area (Å²) in [5.41, 5.74) is 2.79. The number of ether oxygens (including phenoxy) is 1. The van der Waals surface area contributed by atoms with Gasteiger partial charge in [0.05, 0.1) is 11.6 Å². The topological polar surface area (TPSA) is 9.23 Å². The first kappa shape index (κ1) is 20.8. The number of halogens is 2. The van der Waals surface area contributed by atoms with Gasteiger partial charge in [-0.1, -0.05) is 53.9 Å². The van der Waals surface area contributed by atoms with E-state index in [0.717, 1.165) is 37.5 Å². The summed E-state index contributed by atoms with van der Waals surface area (Å²) in [4.78, 5) is 0. The lowest BCUT2D eigenvalue weighted by atomic mass is 9.67. The molecule has 4 atom stereocenters. The Morgan fingerprint density at radius 1 is 1.32 bits per heavy atom. The average molecular weight is 383 g/mol. The lowest BCUT2D eigenvalue weighted by Crippen LogP contribution is -2.33. The van der Waals surface area contributed by atoms with Crippen LogP contribution in [-0.4, -0.2) is 13.2 Å². The molecule has 0 aliphatic heterocycles. The second-order valence-electron chi connectivity index (χ2n) is 7.46. The number of hydrogen-bond donors (Lipinski definition) is 0. The van der Waals surface area contributed by atoms with E-state index in [9.17, 15) is 0 Å². The normalized spacial score (nSPS) is 30.4. The first-order valence-corrected chi connectivity index (χ1v) is 10.3. The fourth-order valence-electron chi connectivity index (χ4n) is 4.43. The van der Waals surface area contributed by atoms with E-state index >= 15 is 0 Å². The van der Waals surface area contributed by atoms with Crippen LogP contribution in [0.25, 0.3) is 0 Å². The highest BCUT2D eigenvalue weighted by atomic mass is 35.5. The number of allylic oxidation sites excluding steroid dienone is 6. The first-order valence-electron chi connectivity index (χ1n) is 9.59. The van der Waals surface area contributed by atoms with Gasteiger partial charge in [-0.15, -0.1) is 6.58 Å². The molecule has 2 aliphatic carbocycles. The number of rotatable bonds is 9. The molecule has 0 heterocycles. The molecule has 0 aromatic heterocycles. The third-order valence-electron chi connectivity index (χ3n) is 5.91. The van der Waals surface area contributed by atoms with Gasteiger partial charge in [0.15, 0.2) is 0 Å². The maximum Gasteiger partial charge on any atom is 0.0550 e. The highest BCUT2D eigenvalue weighted by Gasteiger charge is 2.44. The van der Waals surface area contributed by atoms with Crippen molar-refractivity contribution >= 4 is 23.2 Å². The summed E-state index contributed by atoms with van der Waals surface area (Å²) < 4.78 is 6.04. The van der Waals surface area contributed by atoms with Crippen LogP contribution in [0, 0.1) is 23.7 Å². The lowest BCUT2D eigenvalue weighted by molar-refractivity contribution is 0.0549. The molecule has 1 nitrogen and oxygen atoms in total. The number of fused-ring (bicyclic) bond motifs is 2. The maximum atomic E-state index is 6.38. The Balaban J connectivity index is 2.11. The van der Waals surface area contributed by atoms with E-state index in [2.05, 4.69) is 26.2 Å². The van der Waals surface area contributed by atoms with Crippen molar-refractivity contribution in [2.75, 3.05) is 13.2 Å². The summed E-state index contributed by atoms with van der Waals surface area (Å²) in [6.07, 6.45) is 10.6. The predicted molar refractivity (Wildman–Crippen MR) is 110 cm³/mol. The zero-order valence-electron chi connectivity index (χ0n) is 15.7. The van der Waals surface area contributed by atoms with Gasteiger partial charge in [-0.25, -0.2) is 0 Å². The first-order chi connectivity index (χ1) is 12.0. The van der Waals surface area contributed by atoms with E-state index in [0.29, 0.717) is 28.7 Å². The summed E-state index contributed by atoms with van der Waals surface area (Å²) in [6.45, 7) is 14.0. The Bertz CT molecular complexity index is 546. The van der Waals surface area contributed by atoms with Gasteiger partial charge in [-0.05, 0) is 75.2 Å². The molecule has 2 bridgehead atoms. The predicted octanol–water partition coefficient (Wildman–Crippen LogP) is 7.23. The minimum absolute atomic E-state index is 0.510. The van der Waals surface area contributed by atoms with Crippen LogP contribution in [-0.2, 0) is 4.74 Å². The number of hydrogen-bond acceptors (Lipinski definition) is 1. The van der Waals surface area contributed by atoms with Gasteiger partial charge in [-0.3, -0.25) is 0 Å². The SMILES string of the molecule is C=CCCCOCC1C2CCC(CC1/C(C)=C/C(Cl)=C(/Cl)CC)C2=C. The van der Waals surface area contributed by atoms with Crippen LogP contribution in [0.4, 0.5) is 0 Å². The summed E-state index contributed by atoms with van der Waals surface area (Å²) in [6, 6.07) is 0. The minimum Gasteiger partial charge on any atom is -0.381 e. The Labute approximate surface area is 163 Å². The Morgan fingerprint density at radius 2 is 2.08 bits per heavy atom. The monoisotopic (exact) mass is 382 g/mol. The molecule has 4 unspecified atom stereocenters. The molecule has 0 aromatic rings. The van der Waals surface area contributed by atoms with Crippen molar-refractivity contribution in [3.63, 3.8) is 0 Å². The Kier molecular flexibility index (Phi) is 8.32. The zero-order chi connectivity index (χ0) is 18.4. The van der Waals surface area contributed by atoms with Crippen molar-refractivity contribution in [1.82, 2.24) is 0 Å². The van der Waals surface area contributed by atoms with Crippen molar-refractivity contribution < 1.29 is 4.74 Å². The molecular formula is C22H32Cl2O. The van der Waals surface area contributed by atoms with Gasteiger partial charge >= 0.3 is 0 Å². The van der Waals surface area contributed by atoms with Gasteiger partial charge < -0.3 is 4.74 Å². The van der Waals surface area contributed by atoms with E-state index in [1.54, 1.807) is 0 Å². The van der Waals surface area contributed by atoms with Crippen LogP contribution >= 0.6 is 23.2 Å². The van der Waals surface area contributed by atoms with Crippen molar-refractivity contribution in [2.24, 2.45) is 23.7 Å². The van der Waals surface area contributed by atoms with Crippen molar-refractivity contribution in [3.05, 3.63) is 46.5 Å². The summed E-state index contributed by atoms with van der Waals surface area (Å²) in [5, 5.41) is 1.42. The molecule has 140 valence electrons. The highest BCUT2D eigenvalue weighted by Crippen LogP contribution is 2.53. The fourth-order valence-corrected chi connectivity index (χ4v) is 4.79. The third-order valence-corrected chi connectivity index (χ3v) is 6.82. The van der Waals surface area contributed by atoms with Crippen LogP contribution in [0.5, 0.6) is 0 Å². The molecule has 0 N–H and O–H groups in total. The maximum absolute atomic E-state index is 6.38. The van der Waals surface area contributed by atoms with Crippen LogP contribution in [0.2, 0.25) is 0 Å². The lowest BCUT2D eigenvalue weighted by Gasteiger charge is -2.39. The van der Waals surface area contributed by atoms with Gasteiger partial charge in [0.1, 0.15) is 0 Å². The number of unbranched alkanes of at least 4 members (excludes halogenated alkanes) is 1. The van der Waals surface area contributed by atoms with Crippen LogP contribution in [0.1, 0.15) is 52.4 Å². The van der Waals surface area contributed by atoms with Crippen LogP contribution in [0.3, 0.4) is 0 Å². The van der Waals surface area contributed by atoms with Crippen molar-refractivity contribution in [2.45, 2.75) is 52.4 Å². The molecule has 0 aromatic carbocycles. The standard InChI is InChI=1S/C22H32Cl2O/c1-5-7-8-11-25-14-20-18-10-9-17(16(18)4)13-19(20)15(3)12-22(24)21(23)6-2/h5,12,17-20H,1,4,6-11,13-14H2,2-3H3/b15-12+,22-21-. The molecule has 2 aliphatic rings. The Hall–Kier alpha value is -0.500. The minimum atomic E-state index is 0.510.